The molecular weight excluding hydrogens is 508 g/mol. The summed E-state index contributed by atoms with van der Waals surface area (Å²) >= 11 is 0. The number of ether oxygens (including phenoxy) is 4. The molecule has 5 atom stereocenters. The Morgan fingerprint density at radius 3 is 2.32 bits per heavy atom. The Balaban J connectivity index is 1.33. The van der Waals surface area contributed by atoms with Gasteiger partial charge in [-0.25, -0.2) is 0 Å². The van der Waals surface area contributed by atoms with Crippen molar-refractivity contribution in [3.63, 3.8) is 0 Å². The second-order valence-corrected chi connectivity index (χ2v) is 11.6. The van der Waals surface area contributed by atoms with Crippen LogP contribution in [0.3, 0.4) is 0 Å². The van der Waals surface area contributed by atoms with Crippen LogP contribution < -0.4 is 9.47 Å². The van der Waals surface area contributed by atoms with Crippen LogP contribution in [-0.4, -0.2) is 21.0 Å². The Hall–Kier alpha value is -4.18. The van der Waals surface area contributed by atoms with E-state index < -0.39 is 0 Å². The normalized spacial score (nSPS) is 26.1. The molecule has 208 valence electrons. The fourth-order valence-electron chi connectivity index (χ4n) is 7.32. The van der Waals surface area contributed by atoms with Gasteiger partial charge >= 0.3 is 0 Å². The quantitative estimate of drug-likeness (QED) is 0.308. The molecule has 4 nitrogen and oxygen atoms in total. The molecule has 4 aliphatic rings. The van der Waals surface area contributed by atoms with E-state index in [1.54, 1.807) is 14.2 Å². The van der Waals surface area contributed by atoms with Gasteiger partial charge in [0.1, 0.15) is 0 Å². The molecule has 0 saturated carbocycles. The average Bonchev–Trinajstić information content (AvgIpc) is 3.50. The molecule has 4 heteroatoms. The average molecular weight is 545 g/mol. The van der Waals surface area contributed by atoms with Crippen LogP contribution >= 0.6 is 0 Å². The summed E-state index contributed by atoms with van der Waals surface area (Å²) in [6.45, 7) is 2.64. The molecule has 0 radical (unpaired) electrons. The maximum absolute atomic E-state index is 6.14. The SMILES string of the molecule is COc1ccc2c(c1OC)C=CCC(C)CC1C2C=CC2C(c3ccc(-c4ccccc4)cc3)=C3OCOC3=CC21. The molecule has 0 bridgehead atoms. The fraction of sp³-hybridized carbons (Fsp3) is 0.297. The molecule has 0 N–H and O–H groups in total. The zero-order valence-electron chi connectivity index (χ0n) is 23.9. The molecule has 7 rings (SSSR count). The van der Waals surface area contributed by atoms with Crippen molar-refractivity contribution in [2.45, 2.75) is 25.7 Å². The lowest BCUT2D eigenvalue weighted by Gasteiger charge is -2.42. The third-order valence-electron chi connectivity index (χ3n) is 9.24. The van der Waals surface area contributed by atoms with Gasteiger partial charge < -0.3 is 18.9 Å². The predicted molar refractivity (Wildman–Crippen MR) is 163 cm³/mol. The van der Waals surface area contributed by atoms with E-state index in [-0.39, 0.29) is 24.5 Å². The van der Waals surface area contributed by atoms with E-state index >= 15 is 0 Å². The minimum absolute atomic E-state index is 0.212. The van der Waals surface area contributed by atoms with Crippen LogP contribution in [0, 0.1) is 23.7 Å². The van der Waals surface area contributed by atoms with E-state index in [1.807, 2.05) is 0 Å². The summed E-state index contributed by atoms with van der Waals surface area (Å²) < 4.78 is 23.8. The van der Waals surface area contributed by atoms with E-state index in [2.05, 4.69) is 104 Å². The number of benzene rings is 3. The van der Waals surface area contributed by atoms with Crippen LogP contribution in [-0.2, 0) is 9.47 Å². The number of rotatable bonds is 4. The number of hydrogen-bond acceptors (Lipinski definition) is 4. The second kappa shape index (κ2) is 10.7. The second-order valence-electron chi connectivity index (χ2n) is 11.6. The molecule has 1 saturated heterocycles. The van der Waals surface area contributed by atoms with Gasteiger partial charge in [0.15, 0.2) is 23.0 Å². The van der Waals surface area contributed by atoms with Gasteiger partial charge in [0.25, 0.3) is 0 Å². The summed E-state index contributed by atoms with van der Waals surface area (Å²) in [6.07, 6.45) is 13.9. The maximum Gasteiger partial charge on any atom is 0.231 e. The Morgan fingerprint density at radius 2 is 1.54 bits per heavy atom. The molecule has 41 heavy (non-hydrogen) atoms. The Kier molecular flexibility index (Phi) is 6.70. The summed E-state index contributed by atoms with van der Waals surface area (Å²) in [6, 6.07) is 23.7. The van der Waals surface area contributed by atoms with Crippen LogP contribution in [0.2, 0.25) is 0 Å². The van der Waals surface area contributed by atoms with E-state index in [1.165, 1.54) is 27.8 Å². The molecule has 1 heterocycles. The largest absolute Gasteiger partial charge is 0.493 e. The predicted octanol–water partition coefficient (Wildman–Crippen LogP) is 8.63. The molecule has 1 aliphatic heterocycles. The van der Waals surface area contributed by atoms with E-state index in [9.17, 15) is 0 Å². The van der Waals surface area contributed by atoms with Crippen LogP contribution in [0.25, 0.3) is 22.8 Å². The van der Waals surface area contributed by atoms with Gasteiger partial charge in [-0.2, -0.15) is 0 Å². The number of allylic oxidation sites excluding steroid dienone is 5. The number of hydrogen-bond donors (Lipinski definition) is 0. The molecule has 5 unspecified atom stereocenters. The van der Waals surface area contributed by atoms with Crippen LogP contribution in [0.4, 0.5) is 0 Å². The first kappa shape index (κ1) is 25.8. The molecular formula is C37H36O4. The van der Waals surface area contributed by atoms with Crippen molar-refractivity contribution in [1.29, 1.82) is 0 Å². The van der Waals surface area contributed by atoms with Crippen molar-refractivity contribution >= 4 is 11.6 Å². The van der Waals surface area contributed by atoms with E-state index in [0.717, 1.165) is 41.4 Å². The van der Waals surface area contributed by atoms with Gasteiger partial charge in [-0.3, -0.25) is 0 Å². The number of methoxy groups -OCH3 is 2. The highest BCUT2D eigenvalue weighted by molar-refractivity contribution is 5.78. The van der Waals surface area contributed by atoms with Crippen LogP contribution in [0.5, 0.6) is 11.5 Å². The van der Waals surface area contributed by atoms with Gasteiger partial charge in [-0.1, -0.05) is 91.9 Å². The Labute approximate surface area is 242 Å². The summed E-state index contributed by atoms with van der Waals surface area (Å²) in [5.41, 5.74) is 7.27. The zero-order chi connectivity index (χ0) is 27.9. The smallest absolute Gasteiger partial charge is 0.231 e. The van der Waals surface area contributed by atoms with Crippen molar-refractivity contribution in [2.75, 3.05) is 21.0 Å². The van der Waals surface area contributed by atoms with Gasteiger partial charge in [-0.05, 0) is 65.0 Å². The minimum atomic E-state index is 0.212. The summed E-state index contributed by atoms with van der Waals surface area (Å²) in [7, 11) is 3.44. The Morgan fingerprint density at radius 1 is 0.780 bits per heavy atom. The third kappa shape index (κ3) is 4.46. The van der Waals surface area contributed by atoms with Crippen molar-refractivity contribution in [1.82, 2.24) is 0 Å². The molecule has 0 spiro atoms. The lowest BCUT2D eigenvalue weighted by atomic mass is 9.61. The highest BCUT2D eigenvalue weighted by Crippen LogP contribution is 2.55. The fourth-order valence-corrected chi connectivity index (χ4v) is 7.32. The minimum Gasteiger partial charge on any atom is -0.493 e. The van der Waals surface area contributed by atoms with Crippen molar-refractivity contribution in [3.8, 4) is 22.6 Å². The molecule has 0 aromatic heterocycles. The first-order valence-corrected chi connectivity index (χ1v) is 14.6. The van der Waals surface area contributed by atoms with Crippen LogP contribution in [0.1, 0.15) is 42.4 Å². The summed E-state index contributed by atoms with van der Waals surface area (Å²) in [5, 5.41) is 0. The third-order valence-corrected chi connectivity index (χ3v) is 9.24. The highest BCUT2D eigenvalue weighted by atomic mass is 16.7. The van der Waals surface area contributed by atoms with Gasteiger partial charge in [-0.15, -0.1) is 0 Å². The first-order chi connectivity index (χ1) is 20.2. The monoisotopic (exact) mass is 544 g/mol. The van der Waals surface area contributed by atoms with E-state index in [0.29, 0.717) is 11.8 Å². The molecule has 1 fully saturated rings. The first-order valence-electron chi connectivity index (χ1n) is 14.6. The van der Waals surface area contributed by atoms with Crippen molar-refractivity contribution in [3.05, 3.63) is 119 Å². The van der Waals surface area contributed by atoms with Gasteiger partial charge in [0.2, 0.25) is 6.79 Å². The highest BCUT2D eigenvalue weighted by Gasteiger charge is 2.44. The topological polar surface area (TPSA) is 36.9 Å². The summed E-state index contributed by atoms with van der Waals surface area (Å²) in [5.74, 6) is 5.05. The van der Waals surface area contributed by atoms with Gasteiger partial charge in [0.05, 0.1) is 14.2 Å². The van der Waals surface area contributed by atoms with Crippen molar-refractivity contribution in [2.24, 2.45) is 23.7 Å². The molecule has 3 aromatic carbocycles. The molecule has 0 amide bonds. The maximum atomic E-state index is 6.14. The number of fused-ring (bicyclic) bond motifs is 6. The Bertz CT molecular complexity index is 1560. The lowest BCUT2D eigenvalue weighted by Crippen LogP contribution is -2.34. The summed E-state index contributed by atoms with van der Waals surface area (Å²) in [4.78, 5) is 0. The molecule has 3 aromatic rings. The standard InChI is InChI=1S/C37H36O4/c1-23-8-7-11-30-27(18-19-33(38-2)36(30)39-3)28-16-17-29-32(31(28)20-23)21-34-37(41-22-40-34)35(29)26-14-12-25(13-15-26)24-9-5-4-6-10-24/h4-7,9-19,21,23,28-29,31-32H,8,20,22H2,1-3H3. The van der Waals surface area contributed by atoms with Crippen LogP contribution in [0.15, 0.2) is 103 Å². The zero-order valence-corrected chi connectivity index (χ0v) is 23.9. The van der Waals surface area contributed by atoms with Crippen molar-refractivity contribution < 1.29 is 18.9 Å². The van der Waals surface area contributed by atoms with E-state index in [4.69, 9.17) is 18.9 Å². The lowest BCUT2D eigenvalue weighted by molar-refractivity contribution is 0.0979. The van der Waals surface area contributed by atoms with Gasteiger partial charge in [0, 0.05) is 23.0 Å². The molecule has 3 aliphatic carbocycles.